The van der Waals surface area contributed by atoms with Crippen LogP contribution in [-0.4, -0.2) is 34.7 Å². The molecule has 5 aromatic rings. The molecule has 0 aliphatic rings. The number of aromatic nitrogens is 3. The molecule has 0 saturated heterocycles. The van der Waals surface area contributed by atoms with Gasteiger partial charge >= 0.3 is 0 Å². The lowest BCUT2D eigenvalue weighted by atomic mass is 9.99. The number of methoxy groups -OCH3 is 2. The van der Waals surface area contributed by atoms with Crippen LogP contribution in [-0.2, 0) is 0 Å². The van der Waals surface area contributed by atoms with Crippen LogP contribution in [0.1, 0.15) is 41.4 Å². The van der Waals surface area contributed by atoms with Gasteiger partial charge in [0.25, 0.3) is 17.3 Å². The van der Waals surface area contributed by atoms with Crippen molar-refractivity contribution < 1.29 is 27.8 Å². The highest BCUT2D eigenvalue weighted by molar-refractivity contribution is 6.04. The number of hydrogen-bond donors (Lipinski definition) is 1. The number of carbonyl (C=O) groups excluding carboxylic acids is 1. The van der Waals surface area contributed by atoms with Crippen LogP contribution in [0.25, 0.3) is 16.7 Å². The Labute approximate surface area is 245 Å². The number of anilines is 1. The van der Waals surface area contributed by atoms with E-state index in [0.29, 0.717) is 28.2 Å². The summed E-state index contributed by atoms with van der Waals surface area (Å²) in [7, 11) is 2.92. The average Bonchev–Trinajstić information content (AvgIpc) is 2.98. The Morgan fingerprint density at radius 3 is 2.33 bits per heavy atom. The van der Waals surface area contributed by atoms with E-state index in [-0.39, 0.29) is 34.5 Å². The molecule has 2 aromatic carbocycles. The van der Waals surface area contributed by atoms with E-state index in [1.54, 1.807) is 13.0 Å². The van der Waals surface area contributed by atoms with Crippen molar-refractivity contribution >= 4 is 22.6 Å². The molecule has 0 bridgehead atoms. The highest BCUT2D eigenvalue weighted by atomic mass is 19.1. The minimum Gasteiger partial charge on any atom is -0.491 e. The van der Waals surface area contributed by atoms with E-state index in [9.17, 15) is 14.0 Å². The van der Waals surface area contributed by atoms with Crippen molar-refractivity contribution in [2.75, 3.05) is 19.5 Å². The smallest absolute Gasteiger partial charge is 0.268 e. The summed E-state index contributed by atoms with van der Waals surface area (Å²) in [5.41, 5.74) is 1.97. The molecule has 9 nitrogen and oxygen atoms in total. The zero-order valence-corrected chi connectivity index (χ0v) is 24.1. The zero-order valence-electron chi connectivity index (χ0n) is 24.1. The predicted octanol–water partition coefficient (Wildman–Crippen LogP) is 6.55. The molecule has 0 aliphatic heterocycles. The van der Waals surface area contributed by atoms with Crippen LogP contribution in [0.2, 0.25) is 0 Å². The summed E-state index contributed by atoms with van der Waals surface area (Å²) < 4.78 is 46.5. The molecular formula is C32H28F2N4O5. The predicted molar refractivity (Wildman–Crippen MR) is 158 cm³/mol. The Balaban J connectivity index is 1.45. The summed E-state index contributed by atoms with van der Waals surface area (Å²) in [6, 6.07) is 14.0. The van der Waals surface area contributed by atoms with Crippen LogP contribution < -0.4 is 25.1 Å². The minimum absolute atomic E-state index is 0.0208. The molecule has 0 spiro atoms. The molecule has 11 heteroatoms. The van der Waals surface area contributed by atoms with Crippen molar-refractivity contribution in [2.24, 2.45) is 0 Å². The van der Waals surface area contributed by atoms with Crippen molar-refractivity contribution in [3.05, 3.63) is 106 Å². The number of halogens is 2. The first-order valence-electron chi connectivity index (χ1n) is 13.3. The van der Waals surface area contributed by atoms with Gasteiger partial charge in [0.2, 0.25) is 0 Å². The van der Waals surface area contributed by atoms with E-state index in [1.165, 1.54) is 73.5 Å². The maximum Gasteiger partial charge on any atom is 0.268 e. The maximum atomic E-state index is 15.2. The average molecular weight is 587 g/mol. The van der Waals surface area contributed by atoms with Gasteiger partial charge in [0.05, 0.1) is 19.7 Å². The van der Waals surface area contributed by atoms with E-state index < -0.39 is 23.1 Å². The van der Waals surface area contributed by atoms with Crippen LogP contribution >= 0.6 is 0 Å². The molecule has 220 valence electrons. The van der Waals surface area contributed by atoms with Crippen LogP contribution in [0, 0.1) is 18.6 Å². The zero-order chi connectivity index (χ0) is 30.8. The lowest BCUT2D eigenvalue weighted by Crippen LogP contribution is -2.31. The summed E-state index contributed by atoms with van der Waals surface area (Å²) in [6.07, 6.45) is 1.49. The highest BCUT2D eigenvalue weighted by Gasteiger charge is 2.21. The highest BCUT2D eigenvalue weighted by Crippen LogP contribution is 2.35. The molecule has 0 saturated carbocycles. The third-order valence-electron chi connectivity index (χ3n) is 6.87. The molecule has 0 aliphatic carbocycles. The van der Waals surface area contributed by atoms with Crippen molar-refractivity contribution in [2.45, 2.75) is 26.7 Å². The van der Waals surface area contributed by atoms with Gasteiger partial charge in [-0.3, -0.25) is 19.1 Å². The van der Waals surface area contributed by atoms with Crippen LogP contribution in [0.5, 0.6) is 23.1 Å². The van der Waals surface area contributed by atoms with Gasteiger partial charge in [-0.2, -0.15) is 0 Å². The third-order valence-corrected chi connectivity index (χ3v) is 6.87. The molecule has 3 heterocycles. The van der Waals surface area contributed by atoms with Gasteiger partial charge in [-0.25, -0.2) is 13.8 Å². The summed E-state index contributed by atoms with van der Waals surface area (Å²) >= 11 is 0. The minimum atomic E-state index is -0.765. The summed E-state index contributed by atoms with van der Waals surface area (Å²) in [5.74, 6) is -1.27. The molecule has 1 N–H and O–H groups in total. The Kier molecular flexibility index (Phi) is 8.07. The molecule has 0 fully saturated rings. The van der Waals surface area contributed by atoms with Crippen molar-refractivity contribution in [1.82, 2.24) is 14.5 Å². The number of benzene rings is 2. The van der Waals surface area contributed by atoms with Crippen molar-refractivity contribution in [1.29, 1.82) is 0 Å². The van der Waals surface area contributed by atoms with Gasteiger partial charge in [-0.1, -0.05) is 13.8 Å². The first-order valence-corrected chi connectivity index (χ1v) is 13.3. The number of amides is 1. The molecule has 3 aromatic heterocycles. The van der Waals surface area contributed by atoms with Gasteiger partial charge in [0.15, 0.2) is 23.1 Å². The largest absolute Gasteiger partial charge is 0.491 e. The Morgan fingerprint density at radius 2 is 1.67 bits per heavy atom. The van der Waals surface area contributed by atoms with Gasteiger partial charge in [0, 0.05) is 41.5 Å². The Hall–Kier alpha value is -5.32. The van der Waals surface area contributed by atoms with E-state index >= 15 is 4.39 Å². The molecule has 0 atom stereocenters. The van der Waals surface area contributed by atoms with Crippen LogP contribution in [0.3, 0.4) is 0 Å². The number of hydrogen-bond acceptors (Lipinski definition) is 7. The summed E-state index contributed by atoms with van der Waals surface area (Å²) in [6.45, 7) is 5.64. The van der Waals surface area contributed by atoms with Gasteiger partial charge < -0.3 is 19.5 Å². The second kappa shape index (κ2) is 11.9. The lowest BCUT2D eigenvalue weighted by molar-refractivity contribution is 0.102. The molecular weight excluding hydrogens is 558 g/mol. The van der Waals surface area contributed by atoms with Crippen molar-refractivity contribution in [3.63, 3.8) is 0 Å². The second-order valence-electron chi connectivity index (χ2n) is 9.95. The van der Waals surface area contributed by atoms with E-state index in [1.807, 2.05) is 13.8 Å². The standard InChI is InChI=1S/C32H28F2N4O5/c1-17(2)22-15-23(32(40)38(18(22)3)21-9-6-19(33)7-10-21)30(39)36-20-8-11-26(24(34)14-20)43-27-12-13-35-25-16-28(41-4)31(42-5)37-29(25)27/h6-17H,1-5H3,(H,36,39). The SMILES string of the molecule is COc1cc2nccc(Oc3ccc(NC(=O)c4cc(C(C)C)c(C)n(-c5ccc(F)cc5)c4=O)cc3F)c2nc1OC. The molecule has 43 heavy (non-hydrogen) atoms. The van der Waals surface area contributed by atoms with Crippen molar-refractivity contribution in [3.8, 4) is 28.8 Å². The molecule has 1 amide bonds. The fourth-order valence-corrected chi connectivity index (χ4v) is 4.74. The first kappa shape index (κ1) is 29.2. The number of nitrogens with zero attached hydrogens (tertiary/aromatic N) is 3. The Bertz CT molecular complexity index is 1910. The number of ether oxygens (including phenoxy) is 3. The topological polar surface area (TPSA) is 105 Å². The Morgan fingerprint density at radius 1 is 0.930 bits per heavy atom. The summed E-state index contributed by atoms with van der Waals surface area (Å²) in [4.78, 5) is 35.5. The number of rotatable bonds is 8. The number of carbonyl (C=O) groups is 1. The van der Waals surface area contributed by atoms with Gasteiger partial charge in [-0.15, -0.1) is 0 Å². The van der Waals surface area contributed by atoms with Gasteiger partial charge in [0.1, 0.15) is 16.9 Å². The van der Waals surface area contributed by atoms with E-state index in [4.69, 9.17) is 14.2 Å². The molecule has 5 rings (SSSR count). The van der Waals surface area contributed by atoms with E-state index in [0.717, 1.165) is 11.6 Å². The van der Waals surface area contributed by atoms with Gasteiger partial charge in [-0.05, 0) is 60.9 Å². The first-order chi connectivity index (χ1) is 20.6. The summed E-state index contributed by atoms with van der Waals surface area (Å²) in [5, 5.41) is 2.60. The quantitative estimate of drug-likeness (QED) is 0.220. The monoisotopic (exact) mass is 586 g/mol. The number of nitrogens with one attached hydrogen (secondary N) is 1. The van der Waals surface area contributed by atoms with Crippen LogP contribution in [0.4, 0.5) is 14.5 Å². The molecule has 0 unspecified atom stereocenters. The maximum absolute atomic E-state index is 15.2. The second-order valence-corrected chi connectivity index (χ2v) is 9.95. The van der Waals surface area contributed by atoms with E-state index in [2.05, 4.69) is 15.3 Å². The number of pyridine rings is 3. The fraction of sp³-hybridized carbons (Fsp3) is 0.188. The normalized spacial score (nSPS) is 11.1. The number of fused-ring (bicyclic) bond motifs is 1. The molecule has 0 radical (unpaired) electrons. The third kappa shape index (κ3) is 5.74. The lowest BCUT2D eigenvalue weighted by Gasteiger charge is -2.19. The van der Waals surface area contributed by atoms with Crippen LogP contribution in [0.15, 0.2) is 71.7 Å². The fourth-order valence-electron chi connectivity index (χ4n) is 4.74.